The van der Waals surface area contributed by atoms with Gasteiger partial charge in [-0.2, -0.15) is 0 Å². The zero-order valence-corrected chi connectivity index (χ0v) is 18.9. The second-order valence-corrected chi connectivity index (χ2v) is 8.31. The summed E-state index contributed by atoms with van der Waals surface area (Å²) in [5.74, 6) is 0.898. The molecular formula is C26H27ClN4O. The van der Waals surface area contributed by atoms with E-state index in [0.717, 1.165) is 43.1 Å². The van der Waals surface area contributed by atoms with E-state index >= 15 is 0 Å². The fourth-order valence-electron chi connectivity index (χ4n) is 3.85. The number of hydrogen-bond acceptors (Lipinski definition) is 4. The second kappa shape index (κ2) is 10.3. The zero-order valence-electron chi connectivity index (χ0n) is 18.1. The van der Waals surface area contributed by atoms with Gasteiger partial charge in [0.05, 0.1) is 6.04 Å². The number of rotatable bonds is 6. The molecule has 0 radical (unpaired) electrons. The number of aromatic nitrogens is 1. The maximum Gasteiger partial charge on any atom is 0.244 e. The van der Waals surface area contributed by atoms with E-state index in [1.807, 2.05) is 49.5 Å². The van der Waals surface area contributed by atoms with Crippen molar-refractivity contribution in [3.05, 3.63) is 95.2 Å². The van der Waals surface area contributed by atoms with Crippen LogP contribution in [0.5, 0.6) is 0 Å². The lowest BCUT2D eigenvalue weighted by Gasteiger charge is -2.37. The van der Waals surface area contributed by atoms with Crippen molar-refractivity contribution in [1.29, 1.82) is 0 Å². The van der Waals surface area contributed by atoms with E-state index in [1.165, 1.54) is 5.69 Å². The first-order valence-electron chi connectivity index (χ1n) is 10.8. The molecule has 4 rings (SSSR count). The predicted molar refractivity (Wildman–Crippen MR) is 132 cm³/mol. The number of halogens is 1. The molecule has 0 unspecified atom stereocenters. The summed E-state index contributed by atoms with van der Waals surface area (Å²) >= 11 is 6.00. The zero-order chi connectivity index (χ0) is 22.3. The van der Waals surface area contributed by atoms with E-state index in [4.69, 9.17) is 11.6 Å². The van der Waals surface area contributed by atoms with Crippen LogP contribution >= 0.6 is 11.6 Å². The van der Waals surface area contributed by atoms with Crippen molar-refractivity contribution >= 4 is 35.1 Å². The topological polar surface area (TPSA) is 48.5 Å². The third-order valence-corrected chi connectivity index (χ3v) is 5.86. The lowest BCUT2D eigenvalue weighted by molar-refractivity contribution is -0.117. The van der Waals surface area contributed by atoms with Crippen molar-refractivity contribution in [2.75, 3.05) is 36.0 Å². The summed E-state index contributed by atoms with van der Waals surface area (Å²) in [6, 6.07) is 21.8. The van der Waals surface area contributed by atoms with Crippen molar-refractivity contribution in [2.45, 2.75) is 13.0 Å². The highest BCUT2D eigenvalue weighted by molar-refractivity contribution is 6.30. The van der Waals surface area contributed by atoms with E-state index in [2.05, 4.69) is 50.4 Å². The van der Waals surface area contributed by atoms with E-state index in [-0.39, 0.29) is 11.9 Å². The smallest absolute Gasteiger partial charge is 0.244 e. The molecule has 2 heterocycles. The molecule has 1 fully saturated rings. The average Bonchev–Trinajstić information content (AvgIpc) is 2.83. The largest absolute Gasteiger partial charge is 0.368 e. The van der Waals surface area contributed by atoms with E-state index < -0.39 is 0 Å². The minimum absolute atomic E-state index is 0.0960. The Kier molecular flexibility index (Phi) is 7.07. The van der Waals surface area contributed by atoms with Crippen LogP contribution in [0.25, 0.3) is 6.08 Å². The first-order chi connectivity index (χ1) is 15.6. The maximum absolute atomic E-state index is 12.4. The highest BCUT2D eigenvalue weighted by Crippen LogP contribution is 2.23. The summed E-state index contributed by atoms with van der Waals surface area (Å²) in [6.45, 7) is 5.74. The van der Waals surface area contributed by atoms with Gasteiger partial charge in [0.15, 0.2) is 0 Å². The number of hydrogen-bond donors (Lipinski definition) is 1. The first kappa shape index (κ1) is 21.9. The third kappa shape index (κ3) is 5.68. The van der Waals surface area contributed by atoms with Crippen LogP contribution in [-0.4, -0.2) is 37.1 Å². The quantitative estimate of drug-likeness (QED) is 0.544. The number of nitrogens with zero attached hydrogens (tertiary/aromatic N) is 3. The van der Waals surface area contributed by atoms with Gasteiger partial charge in [-0.3, -0.25) is 4.79 Å². The molecule has 164 valence electrons. The fourth-order valence-corrected chi connectivity index (χ4v) is 4.05. The summed E-state index contributed by atoms with van der Waals surface area (Å²) < 4.78 is 0. The minimum atomic E-state index is -0.133. The first-order valence-corrected chi connectivity index (χ1v) is 11.2. The molecule has 1 aromatic heterocycles. The number of carbonyl (C=O) groups is 1. The predicted octanol–water partition coefficient (Wildman–Crippen LogP) is 4.95. The Morgan fingerprint density at radius 2 is 1.78 bits per heavy atom. The Morgan fingerprint density at radius 1 is 1.00 bits per heavy atom. The third-order valence-electron chi connectivity index (χ3n) is 5.62. The molecule has 0 bridgehead atoms. The average molecular weight is 447 g/mol. The standard InChI is InChI=1S/C26H27ClN4O/c1-20(29-26(32)12-11-21-6-4-8-23(27)18-21)22-7-5-9-24(19-22)30-14-16-31(17-15-30)25-10-2-3-13-28-25/h2-13,18-20H,14-17H2,1H3,(H,29,32)/t20-/m0/s1. The van der Waals surface area contributed by atoms with Gasteiger partial charge in [0.1, 0.15) is 5.82 Å². The summed E-state index contributed by atoms with van der Waals surface area (Å²) in [5, 5.41) is 3.70. The molecule has 1 aliphatic heterocycles. The summed E-state index contributed by atoms with van der Waals surface area (Å²) in [4.78, 5) is 21.5. The molecule has 0 aliphatic carbocycles. The molecule has 0 saturated carbocycles. The van der Waals surface area contributed by atoms with Gasteiger partial charge in [0.25, 0.3) is 0 Å². The molecule has 32 heavy (non-hydrogen) atoms. The number of benzene rings is 2. The van der Waals surface area contributed by atoms with Crippen LogP contribution in [-0.2, 0) is 4.79 Å². The van der Waals surface area contributed by atoms with Crippen molar-refractivity contribution in [3.63, 3.8) is 0 Å². The van der Waals surface area contributed by atoms with Gasteiger partial charge in [-0.15, -0.1) is 0 Å². The molecular weight excluding hydrogens is 420 g/mol. The lowest BCUT2D eigenvalue weighted by Crippen LogP contribution is -2.46. The number of piperazine rings is 1. The Hall–Kier alpha value is -3.31. The SMILES string of the molecule is C[C@H](NC(=O)C=Cc1cccc(Cl)c1)c1cccc(N2CCN(c3ccccn3)CC2)c1. The van der Waals surface area contributed by atoms with Crippen LogP contribution in [0.1, 0.15) is 24.1 Å². The highest BCUT2D eigenvalue weighted by Gasteiger charge is 2.19. The Bertz CT molecular complexity index is 1080. The van der Waals surface area contributed by atoms with Crippen LogP contribution in [0, 0.1) is 0 Å². The molecule has 1 saturated heterocycles. The Labute approximate surface area is 194 Å². The maximum atomic E-state index is 12.4. The van der Waals surface area contributed by atoms with Gasteiger partial charge in [-0.05, 0) is 60.5 Å². The van der Waals surface area contributed by atoms with Gasteiger partial charge in [0.2, 0.25) is 5.91 Å². The van der Waals surface area contributed by atoms with Gasteiger partial charge in [0, 0.05) is 49.2 Å². The highest BCUT2D eigenvalue weighted by atomic mass is 35.5. The van der Waals surface area contributed by atoms with Crippen LogP contribution < -0.4 is 15.1 Å². The molecule has 6 heteroatoms. The van der Waals surface area contributed by atoms with Crippen molar-refractivity contribution in [1.82, 2.24) is 10.3 Å². The number of carbonyl (C=O) groups excluding carboxylic acids is 1. The van der Waals surface area contributed by atoms with Crippen LogP contribution in [0.2, 0.25) is 5.02 Å². The molecule has 0 spiro atoms. The number of anilines is 2. The normalized spacial score (nSPS) is 15.1. The van der Waals surface area contributed by atoms with Crippen molar-refractivity contribution in [2.24, 2.45) is 0 Å². The Morgan fingerprint density at radius 3 is 2.53 bits per heavy atom. The number of amides is 1. The summed E-state index contributed by atoms with van der Waals surface area (Å²) in [5.41, 5.74) is 3.16. The Balaban J connectivity index is 1.34. The molecule has 3 aromatic rings. The molecule has 1 aliphatic rings. The van der Waals surface area contributed by atoms with Crippen LogP contribution in [0.4, 0.5) is 11.5 Å². The van der Waals surface area contributed by atoms with Gasteiger partial charge >= 0.3 is 0 Å². The molecule has 1 amide bonds. The second-order valence-electron chi connectivity index (χ2n) is 7.88. The van der Waals surface area contributed by atoms with Gasteiger partial charge < -0.3 is 15.1 Å². The van der Waals surface area contributed by atoms with E-state index in [1.54, 1.807) is 12.2 Å². The van der Waals surface area contributed by atoms with E-state index in [0.29, 0.717) is 5.02 Å². The molecule has 2 aromatic carbocycles. The van der Waals surface area contributed by atoms with Crippen molar-refractivity contribution < 1.29 is 4.79 Å². The van der Waals surface area contributed by atoms with E-state index in [9.17, 15) is 4.79 Å². The monoisotopic (exact) mass is 446 g/mol. The fraction of sp³-hybridized carbons (Fsp3) is 0.231. The number of nitrogens with one attached hydrogen (secondary N) is 1. The van der Waals surface area contributed by atoms with Crippen molar-refractivity contribution in [3.8, 4) is 0 Å². The molecule has 1 atom stereocenters. The number of pyridine rings is 1. The van der Waals surface area contributed by atoms with Crippen LogP contribution in [0.15, 0.2) is 79.0 Å². The molecule has 5 nitrogen and oxygen atoms in total. The minimum Gasteiger partial charge on any atom is -0.368 e. The molecule has 1 N–H and O–H groups in total. The lowest BCUT2D eigenvalue weighted by atomic mass is 10.1. The summed E-state index contributed by atoms with van der Waals surface area (Å²) in [6.07, 6.45) is 5.15. The van der Waals surface area contributed by atoms with Gasteiger partial charge in [-0.1, -0.05) is 41.9 Å². The van der Waals surface area contributed by atoms with Gasteiger partial charge in [-0.25, -0.2) is 4.98 Å². The summed E-state index contributed by atoms with van der Waals surface area (Å²) in [7, 11) is 0. The van der Waals surface area contributed by atoms with Crippen LogP contribution in [0.3, 0.4) is 0 Å².